The minimum absolute atomic E-state index is 0.0560. The van der Waals surface area contributed by atoms with Crippen molar-refractivity contribution >= 4 is 29.1 Å². The van der Waals surface area contributed by atoms with E-state index >= 15 is 0 Å². The van der Waals surface area contributed by atoms with Crippen molar-refractivity contribution in [3.8, 4) is 0 Å². The van der Waals surface area contributed by atoms with Crippen molar-refractivity contribution in [2.75, 3.05) is 10.2 Å². The van der Waals surface area contributed by atoms with Crippen molar-refractivity contribution < 1.29 is 14.4 Å². The Morgan fingerprint density at radius 2 is 1.52 bits per heavy atom. The summed E-state index contributed by atoms with van der Waals surface area (Å²) in [4.78, 5) is 39.8. The normalized spacial score (nSPS) is 27.4. The van der Waals surface area contributed by atoms with Gasteiger partial charge in [0.25, 0.3) is 5.91 Å². The van der Waals surface area contributed by atoms with E-state index in [1.807, 2.05) is 32.0 Å². The van der Waals surface area contributed by atoms with Gasteiger partial charge in [-0.1, -0.05) is 6.07 Å². The van der Waals surface area contributed by atoms with Gasteiger partial charge in [0.2, 0.25) is 11.8 Å². The molecule has 2 bridgehead atoms. The predicted octanol–water partition coefficient (Wildman–Crippen LogP) is 4.09. The highest BCUT2D eigenvalue weighted by Crippen LogP contribution is 2.56. The second kappa shape index (κ2) is 6.55. The molecule has 5 heteroatoms. The van der Waals surface area contributed by atoms with Crippen LogP contribution in [0, 0.1) is 37.5 Å². The van der Waals surface area contributed by atoms with Gasteiger partial charge in [-0.05, 0) is 92.5 Å². The lowest BCUT2D eigenvalue weighted by Crippen LogP contribution is -2.32. The van der Waals surface area contributed by atoms with Gasteiger partial charge in [0.1, 0.15) is 0 Å². The van der Waals surface area contributed by atoms with Crippen LogP contribution >= 0.6 is 0 Å². The number of amides is 3. The van der Waals surface area contributed by atoms with Crippen LogP contribution in [-0.2, 0) is 9.59 Å². The average molecular weight is 388 g/mol. The maximum Gasteiger partial charge on any atom is 0.255 e. The highest BCUT2D eigenvalue weighted by atomic mass is 16.2. The lowest BCUT2D eigenvalue weighted by Gasteiger charge is -2.19. The Kier molecular flexibility index (Phi) is 4.09. The molecule has 2 aliphatic carbocycles. The minimum Gasteiger partial charge on any atom is -0.322 e. The molecule has 0 radical (unpaired) electrons. The Bertz CT molecular complexity index is 999. The number of imide groups is 1. The highest BCUT2D eigenvalue weighted by molar-refractivity contribution is 6.22. The molecule has 5 nitrogen and oxygen atoms in total. The van der Waals surface area contributed by atoms with E-state index in [2.05, 4.69) is 5.32 Å². The van der Waals surface area contributed by atoms with Crippen molar-refractivity contribution in [3.05, 3.63) is 59.2 Å². The van der Waals surface area contributed by atoms with Crippen molar-refractivity contribution in [1.29, 1.82) is 0 Å². The van der Waals surface area contributed by atoms with Crippen molar-refractivity contribution in [2.45, 2.75) is 33.1 Å². The van der Waals surface area contributed by atoms with Gasteiger partial charge in [0.05, 0.1) is 17.5 Å². The zero-order valence-corrected chi connectivity index (χ0v) is 16.6. The van der Waals surface area contributed by atoms with E-state index in [9.17, 15) is 14.4 Å². The molecule has 148 valence electrons. The topological polar surface area (TPSA) is 66.5 Å². The Morgan fingerprint density at radius 3 is 2.10 bits per heavy atom. The molecule has 2 aromatic rings. The Hall–Kier alpha value is -2.95. The first-order valence-electron chi connectivity index (χ1n) is 10.3. The third-order valence-corrected chi connectivity index (χ3v) is 7.08. The van der Waals surface area contributed by atoms with Crippen molar-refractivity contribution in [1.82, 2.24) is 0 Å². The summed E-state index contributed by atoms with van der Waals surface area (Å²) in [6.07, 6.45) is 3.16. The molecule has 0 unspecified atom stereocenters. The number of aryl methyl sites for hydroxylation is 2. The van der Waals surface area contributed by atoms with Gasteiger partial charge in [-0.25, -0.2) is 0 Å². The molecule has 2 saturated carbocycles. The summed E-state index contributed by atoms with van der Waals surface area (Å²) in [5, 5.41) is 2.90. The van der Waals surface area contributed by atoms with E-state index < -0.39 is 0 Å². The lowest BCUT2D eigenvalue weighted by molar-refractivity contribution is -0.123. The van der Waals surface area contributed by atoms with E-state index in [0.717, 1.165) is 30.5 Å². The highest BCUT2D eigenvalue weighted by Gasteiger charge is 2.61. The Labute approximate surface area is 170 Å². The van der Waals surface area contributed by atoms with Crippen LogP contribution in [0.2, 0.25) is 0 Å². The van der Waals surface area contributed by atoms with Crippen molar-refractivity contribution in [3.63, 3.8) is 0 Å². The van der Waals surface area contributed by atoms with Crippen LogP contribution in [0.1, 0.15) is 40.7 Å². The third kappa shape index (κ3) is 2.79. The molecule has 3 amide bonds. The molecule has 0 aromatic heterocycles. The lowest BCUT2D eigenvalue weighted by atomic mass is 9.81. The molecule has 29 heavy (non-hydrogen) atoms. The van der Waals surface area contributed by atoms with Crippen LogP contribution in [-0.4, -0.2) is 17.7 Å². The number of carbonyl (C=O) groups excluding carboxylic acids is 3. The van der Waals surface area contributed by atoms with Gasteiger partial charge in [-0.2, -0.15) is 0 Å². The molecule has 1 saturated heterocycles. The molecular weight excluding hydrogens is 364 g/mol. The maximum atomic E-state index is 12.9. The molecule has 4 atom stereocenters. The second-order valence-electron chi connectivity index (χ2n) is 8.70. The number of nitrogens with one attached hydrogen (secondary N) is 1. The molecule has 3 aliphatic rings. The quantitative estimate of drug-likeness (QED) is 0.806. The molecule has 5 rings (SSSR count). The zero-order valence-electron chi connectivity index (χ0n) is 16.6. The van der Waals surface area contributed by atoms with Gasteiger partial charge in [0.15, 0.2) is 0 Å². The van der Waals surface area contributed by atoms with E-state index in [-0.39, 0.29) is 29.6 Å². The smallest absolute Gasteiger partial charge is 0.255 e. The third-order valence-electron chi connectivity index (χ3n) is 7.08. The maximum absolute atomic E-state index is 12.9. The summed E-state index contributed by atoms with van der Waals surface area (Å²) in [5.74, 6) is 0.153. The van der Waals surface area contributed by atoms with Crippen molar-refractivity contribution in [2.24, 2.45) is 23.7 Å². The molecule has 3 fully saturated rings. The van der Waals surface area contributed by atoms with Crippen LogP contribution in [0.15, 0.2) is 42.5 Å². The number of carbonyl (C=O) groups is 3. The summed E-state index contributed by atoms with van der Waals surface area (Å²) in [6, 6.07) is 12.5. The number of rotatable bonds is 3. The second-order valence-corrected chi connectivity index (χ2v) is 8.70. The predicted molar refractivity (Wildman–Crippen MR) is 111 cm³/mol. The Morgan fingerprint density at radius 1 is 0.897 bits per heavy atom. The summed E-state index contributed by atoms with van der Waals surface area (Å²) < 4.78 is 0. The first-order chi connectivity index (χ1) is 13.9. The molecule has 1 aliphatic heterocycles. The van der Waals surface area contributed by atoms with Gasteiger partial charge >= 0.3 is 0 Å². The van der Waals surface area contributed by atoms with Gasteiger partial charge < -0.3 is 5.32 Å². The van der Waals surface area contributed by atoms with Gasteiger partial charge in [-0.3, -0.25) is 19.3 Å². The van der Waals surface area contributed by atoms with E-state index in [1.165, 1.54) is 10.5 Å². The van der Waals surface area contributed by atoms with Crippen LogP contribution in [0.3, 0.4) is 0 Å². The largest absolute Gasteiger partial charge is 0.322 e. The monoisotopic (exact) mass is 388 g/mol. The molecule has 1 N–H and O–H groups in total. The van der Waals surface area contributed by atoms with Gasteiger partial charge in [0, 0.05) is 11.3 Å². The SMILES string of the molecule is Cc1ccc(NC(=O)c2ccc(N3C(=O)[C@@H]4[C@@H]5CC[C@@H](C5)[C@@H]4C3=O)cc2)cc1C. The summed E-state index contributed by atoms with van der Waals surface area (Å²) >= 11 is 0. The molecule has 2 aromatic carbocycles. The van der Waals surface area contributed by atoms with Crippen LogP contribution in [0.25, 0.3) is 0 Å². The van der Waals surface area contributed by atoms with Gasteiger partial charge in [-0.15, -0.1) is 0 Å². The fourth-order valence-corrected chi connectivity index (χ4v) is 5.45. The summed E-state index contributed by atoms with van der Waals surface area (Å²) in [6.45, 7) is 4.03. The standard InChI is InChI=1S/C24H24N2O3/c1-13-3-8-18(11-14(13)2)25-22(27)15-6-9-19(10-7-15)26-23(28)20-16-4-5-17(12-16)21(20)24(26)29/h3,6-11,16-17,20-21H,4-5,12H2,1-2H3,(H,25,27)/t16-,17+,20-,21+. The molecule has 0 spiro atoms. The molecule has 1 heterocycles. The van der Waals surface area contributed by atoms with E-state index in [0.29, 0.717) is 23.1 Å². The summed E-state index contributed by atoms with van der Waals surface area (Å²) in [7, 11) is 0. The van der Waals surface area contributed by atoms with Crippen LogP contribution in [0.4, 0.5) is 11.4 Å². The number of anilines is 2. The van der Waals surface area contributed by atoms with E-state index in [4.69, 9.17) is 0 Å². The number of nitrogens with zero attached hydrogens (tertiary/aromatic N) is 1. The average Bonchev–Trinajstić information content (AvgIpc) is 3.39. The number of benzene rings is 2. The summed E-state index contributed by atoms with van der Waals surface area (Å²) in [5.41, 5.74) is 4.09. The number of fused-ring (bicyclic) bond motifs is 5. The molecular formula is C24H24N2O3. The fourth-order valence-electron chi connectivity index (χ4n) is 5.45. The Balaban J connectivity index is 1.34. The van der Waals surface area contributed by atoms with Crippen LogP contribution < -0.4 is 10.2 Å². The zero-order chi connectivity index (χ0) is 20.3. The number of hydrogen-bond donors (Lipinski definition) is 1. The minimum atomic E-state index is -0.214. The van der Waals surface area contributed by atoms with Crippen LogP contribution in [0.5, 0.6) is 0 Å². The first kappa shape index (κ1) is 18.1. The fraction of sp³-hybridized carbons (Fsp3) is 0.375. The number of hydrogen-bond acceptors (Lipinski definition) is 3. The van der Waals surface area contributed by atoms with E-state index in [1.54, 1.807) is 24.3 Å². The first-order valence-corrected chi connectivity index (χ1v) is 10.3.